The zero-order valence-corrected chi connectivity index (χ0v) is 19.8. The number of nitrogens with two attached hydrogens (primary N) is 2. The Bertz CT molecular complexity index is 1170. The quantitative estimate of drug-likeness (QED) is 0.365. The molecule has 1 aliphatic heterocycles. The number of hydrogen-bond donors (Lipinski definition) is 2. The first-order valence-electron chi connectivity index (χ1n) is 11.8. The Morgan fingerprint density at radius 1 is 1.23 bits per heavy atom. The molecule has 5 rings (SSSR count). The number of benzene rings is 1. The van der Waals surface area contributed by atoms with Crippen molar-refractivity contribution in [1.82, 2.24) is 19.8 Å². The SMILES string of the molecule is CN(N)/C=C\N.N#Cc1ccc(C2CC2)c(-c2cnc(C(=O)N(C3CC3)C3CCN(C#N)C3)o2)c1. The van der Waals surface area contributed by atoms with Crippen molar-refractivity contribution in [3.63, 3.8) is 0 Å². The van der Waals surface area contributed by atoms with Gasteiger partial charge in [0.15, 0.2) is 12.0 Å². The lowest BCUT2D eigenvalue weighted by atomic mass is 9.99. The van der Waals surface area contributed by atoms with Gasteiger partial charge in [-0.3, -0.25) is 4.79 Å². The number of oxazole rings is 1. The highest BCUT2D eigenvalue weighted by atomic mass is 16.4. The van der Waals surface area contributed by atoms with E-state index in [1.165, 1.54) is 11.2 Å². The molecule has 10 nitrogen and oxygen atoms in total. The number of rotatable bonds is 6. The van der Waals surface area contributed by atoms with Crippen molar-refractivity contribution in [3.8, 4) is 23.6 Å². The van der Waals surface area contributed by atoms with Gasteiger partial charge in [0.05, 0.1) is 23.9 Å². The lowest BCUT2D eigenvalue weighted by Crippen LogP contribution is -2.43. The van der Waals surface area contributed by atoms with Gasteiger partial charge in [0.25, 0.3) is 5.89 Å². The highest BCUT2D eigenvalue weighted by Gasteiger charge is 2.42. The van der Waals surface area contributed by atoms with Crippen LogP contribution in [0.15, 0.2) is 41.2 Å². The number of likely N-dealkylation sites (tertiary alicyclic amines) is 1. The van der Waals surface area contributed by atoms with Crippen LogP contribution in [0.4, 0.5) is 0 Å². The first kappa shape index (κ1) is 24.1. The summed E-state index contributed by atoms with van der Waals surface area (Å²) >= 11 is 0. The smallest absolute Gasteiger partial charge is 0.310 e. The van der Waals surface area contributed by atoms with Crippen LogP contribution >= 0.6 is 0 Å². The maximum Gasteiger partial charge on any atom is 0.310 e. The Morgan fingerprint density at radius 3 is 2.54 bits per heavy atom. The van der Waals surface area contributed by atoms with Gasteiger partial charge in [0.2, 0.25) is 0 Å². The van der Waals surface area contributed by atoms with E-state index in [9.17, 15) is 10.1 Å². The maximum absolute atomic E-state index is 13.2. The van der Waals surface area contributed by atoms with Gasteiger partial charge in [-0.15, -0.1) is 0 Å². The topological polar surface area (TPSA) is 152 Å². The summed E-state index contributed by atoms with van der Waals surface area (Å²) in [6, 6.07) is 8.05. The maximum atomic E-state index is 13.2. The fraction of sp³-hybridized carbons (Fsp3) is 0.440. The average molecular weight is 475 g/mol. The molecule has 1 amide bonds. The summed E-state index contributed by atoms with van der Waals surface area (Å²) in [5, 5.41) is 19.8. The van der Waals surface area contributed by atoms with E-state index in [4.69, 9.17) is 21.3 Å². The average Bonchev–Trinajstić information content (AvgIpc) is 3.78. The second-order valence-corrected chi connectivity index (χ2v) is 9.16. The van der Waals surface area contributed by atoms with Crippen LogP contribution in [0.5, 0.6) is 0 Å². The van der Waals surface area contributed by atoms with Gasteiger partial charge >= 0.3 is 5.91 Å². The van der Waals surface area contributed by atoms with Gasteiger partial charge in [-0.2, -0.15) is 10.5 Å². The van der Waals surface area contributed by atoms with Crippen LogP contribution < -0.4 is 11.6 Å². The minimum absolute atomic E-state index is 0.0222. The Labute approximate surface area is 205 Å². The van der Waals surface area contributed by atoms with Crippen LogP contribution in [0.2, 0.25) is 0 Å². The first-order chi connectivity index (χ1) is 16.9. The predicted octanol–water partition coefficient (Wildman–Crippen LogP) is 2.47. The number of amides is 1. The Kier molecular flexibility index (Phi) is 7.23. The molecule has 35 heavy (non-hydrogen) atoms. The number of nitriles is 2. The second-order valence-electron chi connectivity index (χ2n) is 9.16. The van der Waals surface area contributed by atoms with Gasteiger partial charge in [-0.1, -0.05) is 6.07 Å². The summed E-state index contributed by atoms with van der Waals surface area (Å²) in [5.41, 5.74) is 7.50. The highest BCUT2D eigenvalue weighted by Crippen LogP contribution is 2.45. The molecule has 3 fully saturated rings. The lowest BCUT2D eigenvalue weighted by molar-refractivity contribution is 0.0629. The summed E-state index contributed by atoms with van der Waals surface area (Å²) in [7, 11) is 1.70. The Balaban J connectivity index is 0.000000431. The molecule has 2 aliphatic carbocycles. The number of aromatic nitrogens is 1. The van der Waals surface area contributed by atoms with Crippen molar-refractivity contribution in [3.05, 3.63) is 53.8 Å². The monoisotopic (exact) mass is 474 g/mol. The molecule has 0 spiro atoms. The molecule has 4 N–H and O–H groups in total. The van der Waals surface area contributed by atoms with Crippen molar-refractivity contribution in [2.24, 2.45) is 11.6 Å². The number of carbonyl (C=O) groups is 1. The summed E-state index contributed by atoms with van der Waals surface area (Å²) in [6.45, 7) is 1.25. The molecule has 182 valence electrons. The van der Waals surface area contributed by atoms with E-state index in [1.807, 2.05) is 23.1 Å². The van der Waals surface area contributed by atoms with Crippen LogP contribution in [-0.2, 0) is 0 Å². The summed E-state index contributed by atoms with van der Waals surface area (Å²) in [4.78, 5) is 21.1. The van der Waals surface area contributed by atoms with Gasteiger partial charge in [0, 0.05) is 44.1 Å². The zero-order valence-electron chi connectivity index (χ0n) is 19.8. The lowest BCUT2D eigenvalue weighted by Gasteiger charge is -2.27. The van der Waals surface area contributed by atoms with Gasteiger partial charge in [-0.05, 0) is 55.7 Å². The molecule has 0 radical (unpaired) electrons. The van der Waals surface area contributed by atoms with E-state index in [2.05, 4.69) is 17.2 Å². The third-order valence-electron chi connectivity index (χ3n) is 6.35. The van der Waals surface area contributed by atoms with E-state index in [-0.39, 0.29) is 23.9 Å². The third kappa shape index (κ3) is 5.73. The standard InChI is InChI=1S/C22H21N5O2.C3H9N3/c23-10-14-1-6-18(15-2-3-15)19(9-14)20-11-25-21(29-20)22(28)27(16-4-5-16)17-7-8-26(12-17)13-24;1-6(5)3-2-4/h1,6,9,11,15-17H,2-5,7-8,12H2;2-3H,4-5H2,1H3/b;3-2-. The normalized spacial score (nSPS) is 19.0. The fourth-order valence-electron chi connectivity index (χ4n) is 4.38. The van der Waals surface area contributed by atoms with Gasteiger partial charge in [-0.25, -0.2) is 10.8 Å². The van der Waals surface area contributed by atoms with Crippen LogP contribution in [0.3, 0.4) is 0 Å². The van der Waals surface area contributed by atoms with Crippen LogP contribution in [0, 0.1) is 22.8 Å². The van der Waals surface area contributed by atoms with Crippen LogP contribution in [-0.4, -0.2) is 57.9 Å². The minimum Gasteiger partial charge on any atom is -0.432 e. The second kappa shape index (κ2) is 10.5. The summed E-state index contributed by atoms with van der Waals surface area (Å²) in [6.07, 6.45) is 11.7. The molecule has 2 heterocycles. The summed E-state index contributed by atoms with van der Waals surface area (Å²) < 4.78 is 5.93. The number of hydrazine groups is 1. The molecule has 1 unspecified atom stereocenters. The molecule has 0 bridgehead atoms. The van der Waals surface area contributed by atoms with Gasteiger partial charge in [0.1, 0.15) is 0 Å². The van der Waals surface area contributed by atoms with E-state index < -0.39 is 0 Å². The van der Waals surface area contributed by atoms with E-state index >= 15 is 0 Å². The molecule has 1 aromatic carbocycles. The highest BCUT2D eigenvalue weighted by molar-refractivity contribution is 5.91. The number of nitrogens with zero attached hydrogens (tertiary/aromatic N) is 6. The first-order valence-corrected chi connectivity index (χ1v) is 11.8. The Morgan fingerprint density at radius 2 is 2.00 bits per heavy atom. The summed E-state index contributed by atoms with van der Waals surface area (Å²) in [5.74, 6) is 5.98. The fourth-order valence-corrected chi connectivity index (χ4v) is 4.38. The molecule has 1 atom stereocenters. The zero-order chi connectivity index (χ0) is 24.9. The van der Waals surface area contributed by atoms with Crippen molar-refractivity contribution in [1.29, 1.82) is 10.5 Å². The predicted molar refractivity (Wildman–Crippen MR) is 129 cm³/mol. The van der Waals surface area contributed by atoms with Gasteiger partial charge < -0.3 is 25.0 Å². The van der Waals surface area contributed by atoms with Crippen molar-refractivity contribution in [2.45, 2.75) is 50.1 Å². The van der Waals surface area contributed by atoms with Crippen LogP contribution in [0.25, 0.3) is 11.3 Å². The molecular formula is C25H30N8O2. The molecule has 2 saturated carbocycles. The van der Waals surface area contributed by atoms with E-state index in [0.717, 1.165) is 43.2 Å². The largest absolute Gasteiger partial charge is 0.432 e. The van der Waals surface area contributed by atoms with Crippen molar-refractivity contribution in [2.75, 3.05) is 20.1 Å². The third-order valence-corrected chi connectivity index (χ3v) is 6.35. The molecule has 3 aliphatic rings. The van der Waals surface area contributed by atoms with E-state index in [0.29, 0.717) is 30.3 Å². The number of hydrogen-bond acceptors (Lipinski definition) is 9. The van der Waals surface area contributed by atoms with Crippen molar-refractivity contribution >= 4 is 5.91 Å². The number of carbonyl (C=O) groups excluding carboxylic acids is 1. The Hall–Kier alpha value is -4.02. The molecule has 1 aromatic heterocycles. The molecule has 2 aromatic rings. The molecule has 1 saturated heterocycles. The van der Waals surface area contributed by atoms with E-state index in [1.54, 1.807) is 24.3 Å². The minimum atomic E-state index is -0.201. The van der Waals surface area contributed by atoms with Crippen LogP contribution in [0.1, 0.15) is 59.8 Å². The van der Waals surface area contributed by atoms with Crippen molar-refractivity contribution < 1.29 is 9.21 Å². The molecular weight excluding hydrogens is 444 g/mol. The molecule has 10 heteroatoms.